The lowest BCUT2D eigenvalue weighted by Crippen LogP contribution is -2.46. The summed E-state index contributed by atoms with van der Waals surface area (Å²) in [5, 5.41) is 8.81. The normalized spacial score (nSPS) is 17.0. The van der Waals surface area contributed by atoms with Gasteiger partial charge in [-0.3, -0.25) is 4.79 Å². The van der Waals surface area contributed by atoms with Crippen LogP contribution in [0.2, 0.25) is 0 Å². The molecule has 0 saturated carbocycles. The Hall–Kier alpha value is -1.44. The first-order valence-electron chi connectivity index (χ1n) is 7.07. The van der Waals surface area contributed by atoms with Crippen molar-refractivity contribution in [1.29, 1.82) is 0 Å². The Balaban J connectivity index is 2.27. The van der Waals surface area contributed by atoms with Crippen molar-refractivity contribution in [2.75, 3.05) is 25.4 Å². The van der Waals surface area contributed by atoms with Gasteiger partial charge >= 0.3 is 0 Å². The van der Waals surface area contributed by atoms with Crippen LogP contribution in [-0.4, -0.2) is 46.1 Å². The maximum Gasteiger partial charge on any atom is 0.254 e. The number of thioether (sulfide) groups is 1. The number of hydrogen-bond acceptors (Lipinski definition) is 3. The number of carbonyl (C=O) groups is 1. The van der Waals surface area contributed by atoms with E-state index in [1.807, 2.05) is 41.8 Å². The number of hydrogen-bond donors (Lipinski definition) is 1. The van der Waals surface area contributed by atoms with Crippen molar-refractivity contribution in [2.24, 2.45) is 0 Å². The fourth-order valence-corrected chi connectivity index (χ4v) is 3.61. The van der Waals surface area contributed by atoms with E-state index in [1.165, 1.54) is 0 Å². The van der Waals surface area contributed by atoms with Crippen molar-refractivity contribution in [3.05, 3.63) is 34.9 Å². The molecule has 21 heavy (non-hydrogen) atoms. The molecule has 1 aliphatic rings. The van der Waals surface area contributed by atoms with Gasteiger partial charge in [0.15, 0.2) is 0 Å². The third-order valence-corrected chi connectivity index (χ3v) is 4.88. The molecule has 0 spiro atoms. The van der Waals surface area contributed by atoms with Crippen molar-refractivity contribution in [1.82, 2.24) is 4.90 Å². The van der Waals surface area contributed by atoms with Crippen molar-refractivity contribution >= 4 is 17.7 Å². The van der Waals surface area contributed by atoms with E-state index in [-0.39, 0.29) is 17.3 Å². The average molecular weight is 303 g/mol. The zero-order chi connectivity index (χ0) is 15.5. The van der Waals surface area contributed by atoms with E-state index >= 15 is 0 Å². The molecule has 1 amide bonds. The smallest absolute Gasteiger partial charge is 0.254 e. The van der Waals surface area contributed by atoms with Gasteiger partial charge in [-0.1, -0.05) is 17.9 Å². The second-order valence-electron chi connectivity index (χ2n) is 5.77. The Bertz CT molecular complexity index is 599. The second kappa shape index (κ2) is 6.55. The van der Waals surface area contributed by atoms with Gasteiger partial charge in [-0.15, -0.1) is 0 Å². The van der Waals surface area contributed by atoms with Crippen molar-refractivity contribution in [2.45, 2.75) is 25.5 Å². The highest BCUT2D eigenvalue weighted by atomic mass is 32.2. The highest BCUT2D eigenvalue weighted by Gasteiger charge is 2.30. The maximum atomic E-state index is 12.8. The van der Waals surface area contributed by atoms with Crippen LogP contribution in [0.4, 0.5) is 0 Å². The van der Waals surface area contributed by atoms with Crippen LogP contribution < -0.4 is 0 Å². The summed E-state index contributed by atoms with van der Waals surface area (Å²) >= 11 is 1.91. The van der Waals surface area contributed by atoms with Gasteiger partial charge in [0.1, 0.15) is 6.61 Å². The van der Waals surface area contributed by atoms with Gasteiger partial charge in [-0.2, -0.15) is 11.8 Å². The molecule has 0 atom stereocenters. The summed E-state index contributed by atoms with van der Waals surface area (Å²) in [6.45, 7) is 7.65. The Kier molecular flexibility index (Phi) is 4.97. The van der Waals surface area contributed by atoms with Gasteiger partial charge in [0.25, 0.3) is 5.91 Å². The van der Waals surface area contributed by atoms with Gasteiger partial charge in [0, 0.05) is 34.7 Å². The van der Waals surface area contributed by atoms with E-state index in [9.17, 15) is 4.79 Å². The molecule has 1 aromatic rings. The summed E-state index contributed by atoms with van der Waals surface area (Å²) < 4.78 is 0.107. The lowest BCUT2D eigenvalue weighted by atomic mass is 10.0. The van der Waals surface area contributed by atoms with Crippen molar-refractivity contribution in [3.63, 3.8) is 0 Å². The minimum atomic E-state index is -0.171. The Morgan fingerprint density at radius 3 is 2.90 bits per heavy atom. The van der Waals surface area contributed by atoms with E-state index in [4.69, 9.17) is 5.11 Å². The molecule has 112 valence electrons. The Morgan fingerprint density at radius 2 is 2.24 bits per heavy atom. The summed E-state index contributed by atoms with van der Waals surface area (Å²) in [6, 6.07) is 5.59. The quantitative estimate of drug-likeness (QED) is 0.809. The van der Waals surface area contributed by atoms with Gasteiger partial charge in [0.05, 0.1) is 0 Å². The molecule has 3 nitrogen and oxygen atoms in total. The molecule has 1 aliphatic heterocycles. The molecule has 0 radical (unpaired) electrons. The molecule has 2 rings (SSSR count). The van der Waals surface area contributed by atoms with Crippen molar-refractivity contribution in [3.8, 4) is 11.8 Å². The standard InChI is InChI=1S/C17H21NO2S/c1-13-14(7-5-10-19)6-4-8-15(13)16(20)18-9-11-21-17(2,3)12-18/h4,6,8,19H,9-12H2,1-3H3. The van der Waals surface area contributed by atoms with E-state index in [2.05, 4.69) is 25.7 Å². The van der Waals surface area contributed by atoms with E-state index in [1.54, 1.807) is 0 Å². The molecule has 0 aliphatic carbocycles. The SMILES string of the molecule is Cc1c(C#CCO)cccc1C(=O)N1CCSC(C)(C)C1. The van der Waals surface area contributed by atoms with Gasteiger partial charge < -0.3 is 10.0 Å². The van der Waals surface area contributed by atoms with Crippen LogP contribution in [0, 0.1) is 18.8 Å². The molecule has 4 heteroatoms. The van der Waals surface area contributed by atoms with Gasteiger partial charge in [-0.25, -0.2) is 0 Å². The Morgan fingerprint density at radius 1 is 1.48 bits per heavy atom. The van der Waals surface area contributed by atoms with Crippen LogP contribution >= 0.6 is 11.8 Å². The molecule has 1 aromatic carbocycles. The molecule has 1 saturated heterocycles. The number of aliphatic hydroxyl groups is 1. The summed E-state index contributed by atoms with van der Waals surface area (Å²) in [7, 11) is 0. The summed E-state index contributed by atoms with van der Waals surface area (Å²) in [4.78, 5) is 14.7. The molecular weight excluding hydrogens is 282 g/mol. The maximum absolute atomic E-state index is 12.8. The number of aliphatic hydroxyl groups excluding tert-OH is 1. The predicted molar refractivity (Wildman–Crippen MR) is 87.6 cm³/mol. The van der Waals surface area contributed by atoms with Crippen LogP contribution in [0.15, 0.2) is 18.2 Å². The minimum Gasteiger partial charge on any atom is -0.384 e. The fourth-order valence-electron chi connectivity index (χ4n) is 2.50. The first-order chi connectivity index (χ1) is 9.94. The largest absolute Gasteiger partial charge is 0.384 e. The summed E-state index contributed by atoms with van der Waals surface area (Å²) in [6.07, 6.45) is 0. The Labute approximate surface area is 130 Å². The van der Waals surface area contributed by atoms with E-state index < -0.39 is 0 Å². The summed E-state index contributed by atoms with van der Waals surface area (Å²) in [5.74, 6) is 6.60. The van der Waals surface area contributed by atoms with Crippen LogP contribution in [0.25, 0.3) is 0 Å². The number of amides is 1. The number of nitrogens with zero attached hydrogens (tertiary/aromatic N) is 1. The fraction of sp³-hybridized carbons (Fsp3) is 0.471. The molecule has 0 bridgehead atoms. The van der Waals surface area contributed by atoms with Gasteiger partial charge in [-0.05, 0) is 38.5 Å². The second-order valence-corrected chi connectivity index (χ2v) is 7.57. The third kappa shape index (κ3) is 3.81. The highest BCUT2D eigenvalue weighted by Crippen LogP contribution is 2.30. The van der Waals surface area contributed by atoms with Crippen LogP contribution in [0.3, 0.4) is 0 Å². The molecular formula is C17H21NO2S. The highest BCUT2D eigenvalue weighted by molar-refractivity contribution is 8.00. The third-order valence-electron chi connectivity index (χ3n) is 3.58. The molecule has 0 unspecified atom stereocenters. The summed E-state index contributed by atoms with van der Waals surface area (Å²) in [5.41, 5.74) is 2.41. The van der Waals surface area contributed by atoms with Crippen LogP contribution in [0.1, 0.15) is 35.3 Å². The zero-order valence-corrected chi connectivity index (χ0v) is 13.6. The lowest BCUT2D eigenvalue weighted by Gasteiger charge is -2.37. The number of rotatable bonds is 1. The minimum absolute atomic E-state index is 0.0773. The van der Waals surface area contributed by atoms with E-state index in [0.29, 0.717) is 5.56 Å². The first kappa shape index (κ1) is 15.9. The van der Waals surface area contributed by atoms with Crippen LogP contribution in [-0.2, 0) is 0 Å². The predicted octanol–water partition coefficient (Wildman–Crippen LogP) is 2.31. The molecule has 1 heterocycles. The number of carbonyl (C=O) groups excluding carboxylic acids is 1. The number of benzene rings is 1. The van der Waals surface area contributed by atoms with Crippen LogP contribution in [0.5, 0.6) is 0 Å². The lowest BCUT2D eigenvalue weighted by molar-refractivity contribution is 0.0747. The zero-order valence-electron chi connectivity index (χ0n) is 12.8. The molecule has 0 aromatic heterocycles. The molecule has 1 N–H and O–H groups in total. The van der Waals surface area contributed by atoms with E-state index in [0.717, 1.165) is 30.0 Å². The first-order valence-corrected chi connectivity index (χ1v) is 8.06. The average Bonchev–Trinajstić information content (AvgIpc) is 2.44. The van der Waals surface area contributed by atoms with Crippen molar-refractivity contribution < 1.29 is 9.90 Å². The topological polar surface area (TPSA) is 40.5 Å². The monoisotopic (exact) mass is 303 g/mol. The molecule has 1 fully saturated rings. The van der Waals surface area contributed by atoms with Gasteiger partial charge in [0.2, 0.25) is 0 Å².